The first-order valence-corrected chi connectivity index (χ1v) is 16.3. The third kappa shape index (κ3) is 5.23. The van der Waals surface area contributed by atoms with Gasteiger partial charge >= 0.3 is 5.97 Å². The maximum Gasteiger partial charge on any atom is 0.313 e. The molecule has 0 heterocycles. The number of carbonyl (C=O) groups excluding carboxylic acids is 1. The lowest BCUT2D eigenvalue weighted by molar-refractivity contribution is -0.160. The molecule has 0 aromatic carbocycles. The Bertz CT molecular complexity index is 1010. The van der Waals surface area contributed by atoms with Gasteiger partial charge in [-0.2, -0.15) is 0 Å². The zero-order valence-electron chi connectivity index (χ0n) is 25.6. The second kappa shape index (κ2) is 10.9. The van der Waals surface area contributed by atoms with Crippen LogP contribution in [0.5, 0.6) is 0 Å². The average Bonchev–Trinajstić information content (AvgIpc) is 3.23. The largest absolute Gasteiger partial charge is 0.462 e. The standard InChI is InChI=1S/C35H56N2O2/c1-21(2)8-7-9-22(3)29-12-13-30-27-11-10-24-18-26(14-16-34(24,5)31(27)15-17-35(29,30)6)39-33(38)28-19-25(36)20-32(37)23(28)4/h10-11,19-24,26-31H,7-9,12-18,36-37H2,1-6H3. The van der Waals surface area contributed by atoms with Gasteiger partial charge in [-0.25, -0.2) is 0 Å². The van der Waals surface area contributed by atoms with E-state index in [0.717, 1.165) is 54.8 Å². The van der Waals surface area contributed by atoms with Crippen molar-refractivity contribution in [3.8, 4) is 0 Å². The first kappa shape index (κ1) is 28.8. The summed E-state index contributed by atoms with van der Waals surface area (Å²) >= 11 is 0. The van der Waals surface area contributed by atoms with E-state index in [-0.39, 0.29) is 23.9 Å². The van der Waals surface area contributed by atoms with Crippen molar-refractivity contribution < 1.29 is 9.53 Å². The number of rotatable bonds is 7. The minimum atomic E-state index is -0.381. The highest BCUT2D eigenvalue weighted by atomic mass is 16.5. The summed E-state index contributed by atoms with van der Waals surface area (Å²) in [4.78, 5) is 13.2. The Morgan fingerprint density at radius 3 is 2.46 bits per heavy atom. The lowest BCUT2D eigenvalue weighted by Crippen LogP contribution is -2.52. The minimum absolute atomic E-state index is 0.0119. The molecule has 0 saturated heterocycles. The molecular formula is C35H56N2O2. The first-order chi connectivity index (χ1) is 18.4. The van der Waals surface area contributed by atoms with E-state index in [0.29, 0.717) is 28.1 Å². The molecule has 5 aliphatic rings. The van der Waals surface area contributed by atoms with Gasteiger partial charge in [0.15, 0.2) is 0 Å². The van der Waals surface area contributed by atoms with E-state index in [4.69, 9.17) is 16.2 Å². The van der Waals surface area contributed by atoms with Crippen LogP contribution in [0.2, 0.25) is 0 Å². The summed E-state index contributed by atoms with van der Waals surface area (Å²) in [7, 11) is 0. The Hall–Kier alpha value is -1.71. The third-order valence-electron chi connectivity index (χ3n) is 12.6. The summed E-state index contributed by atoms with van der Waals surface area (Å²) in [5.74, 6) is 4.76. The molecule has 0 aliphatic heterocycles. The second-order valence-electron chi connectivity index (χ2n) is 15.3. The summed E-state index contributed by atoms with van der Waals surface area (Å²) in [6.45, 7) is 14.5. The molecule has 3 saturated carbocycles. The molecule has 5 rings (SSSR count). The number of carbonyl (C=O) groups is 1. The van der Waals surface area contributed by atoms with Gasteiger partial charge in [0.05, 0.1) is 5.92 Å². The van der Waals surface area contributed by atoms with Gasteiger partial charge in [0.2, 0.25) is 0 Å². The lowest BCUT2D eigenvalue weighted by atomic mass is 9.46. The average molecular weight is 537 g/mol. The normalized spacial score (nSPS) is 44.1. The molecule has 11 atom stereocenters. The molecule has 4 heteroatoms. The maximum atomic E-state index is 13.2. The van der Waals surface area contributed by atoms with Crippen molar-refractivity contribution in [3.05, 3.63) is 35.7 Å². The van der Waals surface area contributed by atoms with Crippen LogP contribution in [0, 0.1) is 64.1 Å². The van der Waals surface area contributed by atoms with Crippen LogP contribution in [0.4, 0.5) is 0 Å². The van der Waals surface area contributed by atoms with Crippen molar-refractivity contribution in [2.24, 2.45) is 75.6 Å². The van der Waals surface area contributed by atoms with Gasteiger partial charge in [-0.05, 0) is 109 Å². The zero-order valence-corrected chi connectivity index (χ0v) is 25.6. The SMILES string of the molecule is CC(C)CCCC(C)C1CCC2C3C=CC4CC(OC(=O)C5C=C(N)C=C(N)C5C)CCC4(C)C3CCC12C. The number of nitrogens with two attached hydrogens (primary N) is 2. The molecule has 0 bridgehead atoms. The number of hydrogen-bond acceptors (Lipinski definition) is 4. The molecule has 3 fully saturated rings. The quantitative estimate of drug-likeness (QED) is 0.258. The van der Waals surface area contributed by atoms with Crippen LogP contribution in [0.25, 0.3) is 0 Å². The van der Waals surface area contributed by atoms with E-state index in [1.54, 1.807) is 6.08 Å². The number of esters is 1. The Labute approximate surface area is 238 Å². The van der Waals surface area contributed by atoms with Crippen LogP contribution in [0.15, 0.2) is 35.7 Å². The molecule has 0 spiro atoms. The van der Waals surface area contributed by atoms with Gasteiger partial charge in [0, 0.05) is 17.3 Å². The van der Waals surface area contributed by atoms with Crippen molar-refractivity contribution in [1.29, 1.82) is 0 Å². The second-order valence-corrected chi connectivity index (χ2v) is 15.3. The topological polar surface area (TPSA) is 78.3 Å². The Morgan fingerprint density at radius 1 is 1.00 bits per heavy atom. The first-order valence-electron chi connectivity index (χ1n) is 16.3. The fourth-order valence-electron chi connectivity index (χ4n) is 10.2. The van der Waals surface area contributed by atoms with Crippen LogP contribution in [-0.2, 0) is 9.53 Å². The summed E-state index contributed by atoms with van der Waals surface area (Å²) in [5, 5.41) is 0. The van der Waals surface area contributed by atoms with Crippen molar-refractivity contribution in [3.63, 3.8) is 0 Å². The Morgan fingerprint density at radius 2 is 1.72 bits per heavy atom. The van der Waals surface area contributed by atoms with E-state index in [1.807, 2.05) is 13.0 Å². The van der Waals surface area contributed by atoms with E-state index >= 15 is 0 Å². The van der Waals surface area contributed by atoms with Crippen molar-refractivity contribution >= 4 is 5.97 Å². The predicted molar refractivity (Wildman–Crippen MR) is 160 cm³/mol. The molecule has 0 amide bonds. The van der Waals surface area contributed by atoms with Gasteiger partial charge < -0.3 is 16.2 Å². The smallest absolute Gasteiger partial charge is 0.313 e. The highest BCUT2D eigenvalue weighted by Gasteiger charge is 2.59. The van der Waals surface area contributed by atoms with Crippen LogP contribution < -0.4 is 11.5 Å². The number of allylic oxidation sites excluding steroid dienone is 4. The molecule has 4 N–H and O–H groups in total. The van der Waals surface area contributed by atoms with Crippen LogP contribution in [0.3, 0.4) is 0 Å². The predicted octanol–water partition coefficient (Wildman–Crippen LogP) is 7.75. The molecule has 0 aromatic heterocycles. The summed E-state index contributed by atoms with van der Waals surface area (Å²) < 4.78 is 6.14. The van der Waals surface area contributed by atoms with Crippen LogP contribution in [-0.4, -0.2) is 12.1 Å². The van der Waals surface area contributed by atoms with Gasteiger partial charge in [-0.15, -0.1) is 0 Å². The van der Waals surface area contributed by atoms with E-state index in [9.17, 15) is 4.79 Å². The van der Waals surface area contributed by atoms with Gasteiger partial charge in [0.1, 0.15) is 6.10 Å². The zero-order chi connectivity index (χ0) is 28.1. The lowest BCUT2D eigenvalue weighted by Gasteiger charge is -2.59. The molecule has 11 unspecified atom stereocenters. The third-order valence-corrected chi connectivity index (χ3v) is 12.6. The van der Waals surface area contributed by atoms with E-state index < -0.39 is 0 Å². The molecule has 5 aliphatic carbocycles. The fraction of sp³-hybridized carbons (Fsp3) is 0.800. The maximum absolute atomic E-state index is 13.2. The van der Waals surface area contributed by atoms with E-state index in [2.05, 4.69) is 46.8 Å². The van der Waals surface area contributed by atoms with Gasteiger partial charge in [-0.3, -0.25) is 4.79 Å². The summed E-state index contributed by atoms with van der Waals surface area (Å²) in [6.07, 6.45) is 21.6. The highest BCUT2D eigenvalue weighted by molar-refractivity contribution is 5.76. The molecule has 0 aromatic rings. The van der Waals surface area contributed by atoms with Gasteiger partial charge in [-0.1, -0.05) is 73.0 Å². The molecule has 0 radical (unpaired) electrons. The van der Waals surface area contributed by atoms with Crippen molar-refractivity contribution in [2.75, 3.05) is 0 Å². The molecule has 4 nitrogen and oxygen atoms in total. The molecule has 39 heavy (non-hydrogen) atoms. The van der Waals surface area contributed by atoms with Crippen LogP contribution >= 0.6 is 0 Å². The number of ether oxygens (including phenoxy) is 1. The highest BCUT2D eigenvalue weighted by Crippen LogP contribution is 2.67. The molecule has 218 valence electrons. The minimum Gasteiger partial charge on any atom is -0.462 e. The summed E-state index contributed by atoms with van der Waals surface area (Å²) in [6, 6.07) is 0. The van der Waals surface area contributed by atoms with Crippen molar-refractivity contribution in [1.82, 2.24) is 0 Å². The van der Waals surface area contributed by atoms with Crippen molar-refractivity contribution in [2.45, 2.75) is 112 Å². The Kier molecular flexibility index (Phi) is 8.08. The fourth-order valence-corrected chi connectivity index (χ4v) is 10.2. The van der Waals surface area contributed by atoms with E-state index in [1.165, 1.54) is 44.9 Å². The molecular weight excluding hydrogens is 480 g/mol. The van der Waals surface area contributed by atoms with Gasteiger partial charge in [0.25, 0.3) is 0 Å². The number of fused-ring (bicyclic) bond motifs is 5. The van der Waals surface area contributed by atoms with Crippen LogP contribution in [0.1, 0.15) is 106 Å². The number of hydrogen-bond donors (Lipinski definition) is 2. The summed E-state index contributed by atoms with van der Waals surface area (Å²) in [5.41, 5.74) is 14.2. The Balaban J connectivity index is 1.24. The monoisotopic (exact) mass is 536 g/mol.